The molecule has 3 aromatic heterocycles. The zero-order chi connectivity index (χ0) is 32.8. The van der Waals surface area contributed by atoms with Crippen molar-refractivity contribution in [3.8, 4) is 28.2 Å². The van der Waals surface area contributed by atoms with Gasteiger partial charge in [0.15, 0.2) is 0 Å². The molecule has 0 atom stereocenters. The lowest BCUT2D eigenvalue weighted by atomic mass is 10.0. The maximum atomic E-state index is 5.16. The molecule has 0 spiro atoms. The molecule has 0 saturated heterocycles. The summed E-state index contributed by atoms with van der Waals surface area (Å²) in [6.45, 7) is 0. The first-order chi connectivity index (χ1) is 24.8. The topological polar surface area (TPSA) is 30.7 Å². The Morgan fingerprint density at radius 3 is 1.80 bits per heavy atom. The average molecular weight is 654 g/mol. The molecule has 0 N–H and O–H groups in total. The number of para-hydroxylation sites is 2. The predicted octanol–water partition coefficient (Wildman–Crippen LogP) is 12.7. The highest BCUT2D eigenvalue weighted by molar-refractivity contribution is 7.26. The molecule has 0 bridgehead atoms. The third-order valence-electron chi connectivity index (χ3n) is 10.2. The predicted molar refractivity (Wildman–Crippen MR) is 213 cm³/mol. The van der Waals surface area contributed by atoms with Gasteiger partial charge in [0, 0.05) is 47.8 Å². The fourth-order valence-corrected chi connectivity index (χ4v) is 9.09. The standard InChI is InChI=1S/C46H27N3S/c1-2-12-30(13-3-1)44-45(48-39-17-9-8-16-38(39)47-44)31-18-22-32(23-19-31)49-40-25-21-28-10-4-6-14-33(28)43(40)37-27-42-36(26-41(37)49)35-24-20-29-11-5-7-15-34(29)46(35)50-42/h1-27H. The second kappa shape index (κ2) is 10.6. The molecule has 0 saturated carbocycles. The van der Waals surface area contributed by atoms with E-state index in [1.807, 2.05) is 41.7 Å². The third-order valence-corrected chi connectivity index (χ3v) is 11.4. The van der Waals surface area contributed by atoms with Gasteiger partial charge in [-0.3, -0.25) is 0 Å². The van der Waals surface area contributed by atoms with Crippen LogP contribution in [0.3, 0.4) is 0 Å². The summed E-state index contributed by atoms with van der Waals surface area (Å²) in [6, 6.07) is 58.8. The van der Waals surface area contributed by atoms with E-state index in [1.165, 1.54) is 63.5 Å². The highest BCUT2D eigenvalue weighted by atomic mass is 32.1. The van der Waals surface area contributed by atoms with Crippen molar-refractivity contribution in [2.24, 2.45) is 0 Å². The zero-order valence-electron chi connectivity index (χ0n) is 26.8. The van der Waals surface area contributed by atoms with Gasteiger partial charge in [0.25, 0.3) is 0 Å². The molecule has 0 amide bonds. The Morgan fingerprint density at radius 2 is 1.04 bits per heavy atom. The Labute approximate surface area is 291 Å². The molecule has 0 unspecified atom stereocenters. The summed E-state index contributed by atoms with van der Waals surface area (Å²) in [5.41, 5.74) is 9.17. The van der Waals surface area contributed by atoms with E-state index in [1.54, 1.807) is 0 Å². The van der Waals surface area contributed by atoms with Crippen LogP contribution in [0.5, 0.6) is 0 Å². The van der Waals surface area contributed by atoms with E-state index in [0.29, 0.717) is 0 Å². The Morgan fingerprint density at radius 1 is 0.420 bits per heavy atom. The number of nitrogens with zero attached hydrogens (tertiary/aromatic N) is 3. The van der Waals surface area contributed by atoms with Crippen molar-refractivity contribution in [1.82, 2.24) is 14.5 Å². The molecule has 11 rings (SSSR count). The smallest absolute Gasteiger partial charge is 0.0973 e. The van der Waals surface area contributed by atoms with Crippen LogP contribution in [0.2, 0.25) is 0 Å². The van der Waals surface area contributed by atoms with Gasteiger partial charge in [0.2, 0.25) is 0 Å². The van der Waals surface area contributed by atoms with Crippen LogP contribution >= 0.6 is 11.3 Å². The Kier molecular flexibility index (Phi) is 5.83. The number of rotatable bonds is 3. The summed E-state index contributed by atoms with van der Waals surface area (Å²) in [4.78, 5) is 10.3. The van der Waals surface area contributed by atoms with Gasteiger partial charge in [0.05, 0.1) is 33.5 Å². The van der Waals surface area contributed by atoms with Gasteiger partial charge >= 0.3 is 0 Å². The summed E-state index contributed by atoms with van der Waals surface area (Å²) < 4.78 is 5.10. The Hall–Kier alpha value is -6.36. The number of hydrogen-bond acceptors (Lipinski definition) is 3. The van der Waals surface area contributed by atoms with Gasteiger partial charge in [0.1, 0.15) is 0 Å². The highest BCUT2D eigenvalue weighted by Crippen LogP contribution is 2.44. The molecular weight excluding hydrogens is 627 g/mol. The lowest BCUT2D eigenvalue weighted by molar-refractivity contribution is 1.18. The Bertz CT molecular complexity index is 3140. The molecule has 50 heavy (non-hydrogen) atoms. The van der Waals surface area contributed by atoms with Gasteiger partial charge in [-0.05, 0) is 64.0 Å². The lowest BCUT2D eigenvalue weighted by Gasteiger charge is -2.13. The first kappa shape index (κ1) is 27.6. The van der Waals surface area contributed by atoms with E-state index >= 15 is 0 Å². The monoisotopic (exact) mass is 653 g/mol. The molecule has 4 heteroatoms. The number of fused-ring (bicyclic) bond motifs is 11. The molecule has 0 radical (unpaired) electrons. The van der Waals surface area contributed by atoms with Crippen molar-refractivity contribution in [1.29, 1.82) is 0 Å². The molecule has 3 heterocycles. The Balaban J connectivity index is 1.17. The van der Waals surface area contributed by atoms with Gasteiger partial charge in [-0.1, -0.05) is 121 Å². The van der Waals surface area contributed by atoms with E-state index in [9.17, 15) is 0 Å². The van der Waals surface area contributed by atoms with Crippen molar-refractivity contribution in [3.63, 3.8) is 0 Å². The summed E-state index contributed by atoms with van der Waals surface area (Å²) in [7, 11) is 0. The van der Waals surface area contributed by atoms with Crippen LogP contribution in [0.15, 0.2) is 164 Å². The van der Waals surface area contributed by atoms with Crippen molar-refractivity contribution < 1.29 is 0 Å². The van der Waals surface area contributed by atoms with E-state index in [2.05, 4.69) is 138 Å². The van der Waals surface area contributed by atoms with E-state index < -0.39 is 0 Å². The number of aromatic nitrogens is 3. The van der Waals surface area contributed by atoms with Gasteiger partial charge in [-0.25, -0.2) is 9.97 Å². The summed E-state index contributed by atoms with van der Waals surface area (Å²) in [5.74, 6) is 0. The van der Waals surface area contributed by atoms with Crippen LogP contribution in [0.4, 0.5) is 0 Å². The third kappa shape index (κ3) is 4.03. The number of benzene rings is 8. The molecule has 232 valence electrons. The van der Waals surface area contributed by atoms with Crippen LogP contribution in [-0.2, 0) is 0 Å². The van der Waals surface area contributed by atoms with E-state index in [-0.39, 0.29) is 0 Å². The quantitative estimate of drug-likeness (QED) is 0.190. The first-order valence-electron chi connectivity index (χ1n) is 16.9. The molecule has 0 fully saturated rings. The van der Waals surface area contributed by atoms with Crippen molar-refractivity contribution in [2.45, 2.75) is 0 Å². The summed E-state index contributed by atoms with van der Waals surface area (Å²) in [5, 5.41) is 10.3. The molecule has 0 aliphatic carbocycles. The summed E-state index contributed by atoms with van der Waals surface area (Å²) in [6.07, 6.45) is 0. The van der Waals surface area contributed by atoms with Gasteiger partial charge in [-0.2, -0.15) is 0 Å². The van der Waals surface area contributed by atoms with Crippen LogP contribution in [0, 0.1) is 0 Å². The molecule has 3 nitrogen and oxygen atoms in total. The molecule has 11 aromatic rings. The maximum Gasteiger partial charge on any atom is 0.0973 e. The van der Waals surface area contributed by atoms with Crippen molar-refractivity contribution >= 4 is 85.9 Å². The zero-order valence-corrected chi connectivity index (χ0v) is 27.7. The number of thiophene rings is 1. The normalized spacial score (nSPS) is 12.0. The van der Waals surface area contributed by atoms with E-state index in [4.69, 9.17) is 9.97 Å². The van der Waals surface area contributed by atoms with Crippen LogP contribution in [-0.4, -0.2) is 14.5 Å². The average Bonchev–Trinajstić information content (AvgIpc) is 3.72. The number of hydrogen-bond donors (Lipinski definition) is 0. The molecule has 0 aliphatic heterocycles. The lowest BCUT2D eigenvalue weighted by Crippen LogP contribution is -1.97. The first-order valence-corrected chi connectivity index (χ1v) is 17.7. The largest absolute Gasteiger partial charge is 0.309 e. The fourth-order valence-electron chi connectivity index (χ4n) is 7.83. The fraction of sp³-hybridized carbons (Fsp3) is 0. The van der Waals surface area contributed by atoms with Crippen molar-refractivity contribution in [2.75, 3.05) is 0 Å². The van der Waals surface area contributed by atoms with Crippen LogP contribution in [0.25, 0.3) is 103 Å². The minimum atomic E-state index is 0.883. The summed E-state index contributed by atoms with van der Waals surface area (Å²) >= 11 is 1.90. The van der Waals surface area contributed by atoms with Crippen molar-refractivity contribution in [3.05, 3.63) is 164 Å². The second-order valence-electron chi connectivity index (χ2n) is 13.0. The van der Waals surface area contributed by atoms with E-state index in [0.717, 1.165) is 39.2 Å². The molecular formula is C46H27N3S. The molecule has 0 aliphatic rings. The maximum absolute atomic E-state index is 5.16. The highest BCUT2D eigenvalue weighted by Gasteiger charge is 2.19. The van der Waals surface area contributed by atoms with Gasteiger partial charge < -0.3 is 4.57 Å². The van der Waals surface area contributed by atoms with Crippen LogP contribution in [0.1, 0.15) is 0 Å². The minimum Gasteiger partial charge on any atom is -0.309 e. The molecule has 8 aromatic carbocycles. The van der Waals surface area contributed by atoms with Gasteiger partial charge in [-0.15, -0.1) is 11.3 Å². The second-order valence-corrected chi connectivity index (χ2v) is 14.0. The van der Waals surface area contributed by atoms with Crippen LogP contribution < -0.4 is 0 Å². The SMILES string of the molecule is c1ccc(-c2nc3ccccc3nc2-c2ccc(-n3c4cc5c(cc4c4c6ccccc6ccc43)sc3c4ccccc4ccc53)cc2)cc1. The minimum absolute atomic E-state index is 0.883.